The van der Waals surface area contributed by atoms with E-state index in [1.54, 1.807) is 12.1 Å². The van der Waals surface area contributed by atoms with E-state index in [9.17, 15) is 4.39 Å². The summed E-state index contributed by atoms with van der Waals surface area (Å²) in [5.41, 5.74) is 1.16. The van der Waals surface area contributed by atoms with Crippen LogP contribution in [0.1, 0.15) is 12.0 Å². The minimum absolute atomic E-state index is 0.152. The Morgan fingerprint density at radius 2 is 2.44 bits per heavy atom. The summed E-state index contributed by atoms with van der Waals surface area (Å²) in [5, 5.41) is 9.02. The number of nitriles is 1. The van der Waals surface area contributed by atoms with Crippen molar-refractivity contribution in [3.63, 3.8) is 0 Å². The molecule has 1 unspecified atom stereocenters. The molecule has 0 saturated carbocycles. The Morgan fingerprint density at radius 3 is 3.17 bits per heavy atom. The molecule has 1 fully saturated rings. The van der Waals surface area contributed by atoms with Gasteiger partial charge in [-0.25, -0.2) is 4.39 Å². The second-order valence-electron chi connectivity index (χ2n) is 4.25. The molecule has 1 atom stereocenters. The van der Waals surface area contributed by atoms with Gasteiger partial charge in [-0.1, -0.05) is 6.08 Å². The number of anilines is 1. The van der Waals surface area contributed by atoms with E-state index in [0.717, 1.165) is 25.2 Å². The number of nitrogens with zero attached hydrogens (tertiary/aromatic N) is 2. The fraction of sp³-hybridized carbons (Fsp3) is 0.357. The molecule has 3 nitrogen and oxygen atoms in total. The predicted molar refractivity (Wildman–Crippen MR) is 67.9 cm³/mol. The van der Waals surface area contributed by atoms with Crippen LogP contribution in [0.25, 0.3) is 0 Å². The molecule has 1 heterocycles. The molecule has 0 aliphatic carbocycles. The zero-order valence-corrected chi connectivity index (χ0v) is 10.1. The average Bonchev–Trinajstić information content (AvgIpc) is 2.84. The fourth-order valence-electron chi connectivity index (χ4n) is 2.16. The number of rotatable bonds is 4. The number of halogens is 1. The first-order valence-corrected chi connectivity index (χ1v) is 5.91. The van der Waals surface area contributed by atoms with E-state index in [0.29, 0.717) is 12.2 Å². The van der Waals surface area contributed by atoms with Crippen molar-refractivity contribution in [2.75, 3.05) is 24.6 Å². The van der Waals surface area contributed by atoms with Gasteiger partial charge in [-0.2, -0.15) is 5.26 Å². The molecule has 0 amide bonds. The van der Waals surface area contributed by atoms with E-state index in [-0.39, 0.29) is 11.9 Å². The van der Waals surface area contributed by atoms with Gasteiger partial charge in [0.2, 0.25) is 0 Å². The molecule has 1 aliphatic heterocycles. The third-order valence-electron chi connectivity index (χ3n) is 3.01. The summed E-state index contributed by atoms with van der Waals surface area (Å²) in [6, 6.07) is 6.34. The van der Waals surface area contributed by atoms with Gasteiger partial charge in [0.1, 0.15) is 11.9 Å². The van der Waals surface area contributed by atoms with Crippen LogP contribution in [-0.2, 0) is 4.74 Å². The monoisotopic (exact) mass is 246 g/mol. The molecule has 1 aromatic rings. The largest absolute Gasteiger partial charge is 0.372 e. The van der Waals surface area contributed by atoms with Crippen molar-refractivity contribution >= 4 is 5.69 Å². The van der Waals surface area contributed by atoms with Crippen LogP contribution in [-0.4, -0.2) is 25.8 Å². The molecular weight excluding hydrogens is 231 g/mol. The van der Waals surface area contributed by atoms with Gasteiger partial charge in [0, 0.05) is 13.1 Å². The van der Waals surface area contributed by atoms with Gasteiger partial charge in [0.25, 0.3) is 0 Å². The van der Waals surface area contributed by atoms with Gasteiger partial charge in [-0.05, 0) is 24.6 Å². The van der Waals surface area contributed by atoms with Crippen molar-refractivity contribution in [2.45, 2.75) is 12.5 Å². The maximum absolute atomic E-state index is 13.1. The zero-order valence-electron chi connectivity index (χ0n) is 10.1. The summed E-state index contributed by atoms with van der Waals surface area (Å²) in [5.74, 6) is -0.381. The molecule has 4 heteroatoms. The predicted octanol–water partition coefficient (Wildman–Crippen LogP) is 2.48. The Bertz CT molecular complexity index is 481. The first kappa shape index (κ1) is 12.6. The lowest BCUT2D eigenvalue weighted by Gasteiger charge is -2.19. The molecule has 2 rings (SSSR count). The van der Waals surface area contributed by atoms with E-state index >= 15 is 0 Å². The fourth-order valence-corrected chi connectivity index (χ4v) is 2.16. The van der Waals surface area contributed by atoms with E-state index in [1.807, 2.05) is 6.07 Å². The minimum Gasteiger partial charge on any atom is -0.372 e. The van der Waals surface area contributed by atoms with Crippen LogP contribution in [0.2, 0.25) is 0 Å². The lowest BCUT2D eigenvalue weighted by Crippen LogP contribution is -2.23. The van der Waals surface area contributed by atoms with E-state index in [4.69, 9.17) is 10.00 Å². The Hall–Kier alpha value is -1.86. The second kappa shape index (κ2) is 5.65. The van der Waals surface area contributed by atoms with Crippen molar-refractivity contribution in [1.29, 1.82) is 5.26 Å². The van der Waals surface area contributed by atoms with Crippen LogP contribution in [0, 0.1) is 17.1 Å². The van der Waals surface area contributed by atoms with Crippen molar-refractivity contribution in [3.8, 4) is 6.07 Å². The first-order chi connectivity index (χ1) is 8.74. The summed E-state index contributed by atoms with van der Waals surface area (Å²) in [4.78, 5) is 2.06. The van der Waals surface area contributed by atoms with Crippen LogP contribution in [0.5, 0.6) is 0 Å². The number of benzene rings is 1. The van der Waals surface area contributed by atoms with Crippen molar-refractivity contribution in [1.82, 2.24) is 0 Å². The Kier molecular flexibility index (Phi) is 3.96. The maximum Gasteiger partial charge on any atom is 0.124 e. The molecule has 0 bridgehead atoms. The van der Waals surface area contributed by atoms with E-state index in [1.165, 1.54) is 12.1 Å². The molecular formula is C14H15FN2O. The smallest absolute Gasteiger partial charge is 0.124 e. The highest BCUT2D eigenvalue weighted by Crippen LogP contribution is 2.26. The molecule has 94 valence electrons. The van der Waals surface area contributed by atoms with Crippen molar-refractivity contribution in [2.24, 2.45) is 0 Å². The number of hydrogen-bond acceptors (Lipinski definition) is 3. The standard InChI is InChI=1S/C14H15FN2O/c1-2-7-18-13-5-6-17(10-13)14-4-3-12(15)8-11(14)9-16/h2-4,8,13H,1,5-7,10H2. The van der Waals surface area contributed by atoms with Gasteiger partial charge in [-0.3, -0.25) is 0 Å². The van der Waals surface area contributed by atoms with Crippen molar-refractivity contribution in [3.05, 3.63) is 42.2 Å². The average molecular weight is 246 g/mol. The highest BCUT2D eigenvalue weighted by molar-refractivity contribution is 5.60. The van der Waals surface area contributed by atoms with Crippen molar-refractivity contribution < 1.29 is 9.13 Å². The normalized spacial score (nSPS) is 18.7. The van der Waals surface area contributed by atoms with Crippen LogP contribution in [0.3, 0.4) is 0 Å². The quantitative estimate of drug-likeness (QED) is 0.766. The summed E-state index contributed by atoms with van der Waals surface area (Å²) in [6.45, 7) is 5.70. The molecule has 18 heavy (non-hydrogen) atoms. The van der Waals surface area contributed by atoms with Gasteiger partial charge in [0.05, 0.1) is 24.0 Å². The summed E-state index contributed by atoms with van der Waals surface area (Å²) in [6.07, 6.45) is 2.79. The van der Waals surface area contributed by atoms with Crippen LogP contribution in [0.4, 0.5) is 10.1 Å². The summed E-state index contributed by atoms with van der Waals surface area (Å²) < 4.78 is 18.6. The van der Waals surface area contributed by atoms with Crippen LogP contribution in [0.15, 0.2) is 30.9 Å². The third kappa shape index (κ3) is 2.69. The Morgan fingerprint density at radius 1 is 1.61 bits per heavy atom. The number of hydrogen-bond donors (Lipinski definition) is 0. The molecule has 0 radical (unpaired) electrons. The van der Waals surface area contributed by atoms with E-state index in [2.05, 4.69) is 11.5 Å². The van der Waals surface area contributed by atoms with Crippen LogP contribution < -0.4 is 4.90 Å². The molecule has 0 aromatic heterocycles. The third-order valence-corrected chi connectivity index (χ3v) is 3.01. The van der Waals surface area contributed by atoms with Gasteiger partial charge in [0.15, 0.2) is 0 Å². The lowest BCUT2D eigenvalue weighted by molar-refractivity contribution is 0.0909. The minimum atomic E-state index is -0.381. The first-order valence-electron chi connectivity index (χ1n) is 5.91. The van der Waals surface area contributed by atoms with Gasteiger partial charge < -0.3 is 9.64 Å². The van der Waals surface area contributed by atoms with E-state index < -0.39 is 0 Å². The molecule has 0 spiro atoms. The van der Waals surface area contributed by atoms with Crippen LogP contribution >= 0.6 is 0 Å². The summed E-state index contributed by atoms with van der Waals surface area (Å²) in [7, 11) is 0. The summed E-state index contributed by atoms with van der Waals surface area (Å²) >= 11 is 0. The molecule has 1 aliphatic rings. The molecule has 0 N–H and O–H groups in total. The lowest BCUT2D eigenvalue weighted by atomic mass is 10.2. The highest BCUT2D eigenvalue weighted by atomic mass is 19.1. The number of ether oxygens (including phenoxy) is 1. The van der Waals surface area contributed by atoms with Gasteiger partial charge in [-0.15, -0.1) is 6.58 Å². The Labute approximate surface area is 106 Å². The topological polar surface area (TPSA) is 36.3 Å². The maximum atomic E-state index is 13.1. The van der Waals surface area contributed by atoms with Gasteiger partial charge >= 0.3 is 0 Å². The zero-order chi connectivity index (χ0) is 13.0. The molecule has 1 aromatic carbocycles. The Balaban J connectivity index is 2.09. The molecule has 1 saturated heterocycles. The SMILES string of the molecule is C=CCOC1CCN(c2ccc(F)cc2C#N)C1. The second-order valence-corrected chi connectivity index (χ2v) is 4.25. The highest BCUT2D eigenvalue weighted by Gasteiger charge is 2.24.